The molecule has 0 radical (unpaired) electrons. The number of rotatable bonds is 5. The lowest BCUT2D eigenvalue weighted by Crippen LogP contribution is -2.51. The van der Waals surface area contributed by atoms with Crippen LogP contribution in [0.3, 0.4) is 0 Å². The Labute approximate surface area is 128 Å². The second-order valence-electron chi connectivity index (χ2n) is 7.68. The largest absolute Gasteiger partial charge is 0.462 e. The molecule has 0 aromatic heterocycles. The molecule has 0 bridgehead atoms. The zero-order valence-corrected chi connectivity index (χ0v) is 14.8. The van der Waals surface area contributed by atoms with Gasteiger partial charge < -0.3 is 9.47 Å². The quantitative estimate of drug-likeness (QED) is 0.441. The molecule has 4 nitrogen and oxygen atoms in total. The van der Waals surface area contributed by atoms with Crippen molar-refractivity contribution in [3.63, 3.8) is 0 Å². The standard InChI is InChI=1S/C17H30O4/c1-12(2)13(18)20-10-11-21-14(19)17(9,15(3,4)5)16(6,7)8/h1,10-11H2,2-9H3. The Hall–Kier alpha value is -1.32. The predicted octanol–water partition coefficient (Wildman–Crippen LogP) is 3.75. The Balaban J connectivity index is 4.75. The van der Waals surface area contributed by atoms with E-state index in [2.05, 4.69) is 6.58 Å². The molecule has 0 unspecified atom stereocenters. The van der Waals surface area contributed by atoms with E-state index in [4.69, 9.17) is 9.47 Å². The van der Waals surface area contributed by atoms with Gasteiger partial charge in [0.05, 0.1) is 5.41 Å². The maximum absolute atomic E-state index is 12.6. The van der Waals surface area contributed by atoms with Crippen LogP contribution in [0.1, 0.15) is 55.4 Å². The van der Waals surface area contributed by atoms with Gasteiger partial charge in [-0.05, 0) is 24.7 Å². The summed E-state index contributed by atoms with van der Waals surface area (Å²) < 4.78 is 10.3. The summed E-state index contributed by atoms with van der Waals surface area (Å²) in [5.41, 5.74) is -0.832. The molecule has 0 aliphatic carbocycles. The molecule has 0 N–H and O–H groups in total. The lowest BCUT2D eigenvalue weighted by atomic mass is 9.55. The van der Waals surface area contributed by atoms with Crippen molar-refractivity contribution >= 4 is 11.9 Å². The van der Waals surface area contributed by atoms with Gasteiger partial charge in [-0.1, -0.05) is 48.1 Å². The Bertz CT molecular complexity index is 393. The van der Waals surface area contributed by atoms with E-state index in [1.54, 1.807) is 6.92 Å². The zero-order chi connectivity index (χ0) is 17.1. The Kier molecular flexibility index (Phi) is 6.21. The number of hydrogen-bond acceptors (Lipinski definition) is 4. The number of esters is 2. The molecule has 0 atom stereocenters. The number of carbonyl (C=O) groups excluding carboxylic acids is 2. The van der Waals surface area contributed by atoms with Crippen LogP contribution >= 0.6 is 0 Å². The van der Waals surface area contributed by atoms with E-state index < -0.39 is 11.4 Å². The molecule has 0 fully saturated rings. The molecule has 0 saturated heterocycles. The van der Waals surface area contributed by atoms with Crippen molar-refractivity contribution in [3.05, 3.63) is 12.2 Å². The van der Waals surface area contributed by atoms with Crippen LogP contribution in [0.25, 0.3) is 0 Å². The average molecular weight is 298 g/mol. The molecule has 4 heteroatoms. The summed E-state index contributed by atoms with van der Waals surface area (Å²) in [6, 6.07) is 0. The molecule has 0 heterocycles. The number of hydrogen-bond donors (Lipinski definition) is 0. The van der Waals surface area contributed by atoms with Crippen molar-refractivity contribution in [1.29, 1.82) is 0 Å². The molecule has 0 aliphatic heterocycles. The van der Waals surface area contributed by atoms with Crippen molar-refractivity contribution < 1.29 is 19.1 Å². The topological polar surface area (TPSA) is 52.6 Å². The van der Waals surface area contributed by atoms with Crippen LogP contribution < -0.4 is 0 Å². The minimum absolute atomic E-state index is 0.0435. The zero-order valence-electron chi connectivity index (χ0n) is 14.8. The first-order valence-corrected chi connectivity index (χ1v) is 7.25. The van der Waals surface area contributed by atoms with Gasteiger partial charge in [-0.15, -0.1) is 0 Å². The molecule has 0 aliphatic rings. The van der Waals surface area contributed by atoms with Crippen LogP contribution in [0.4, 0.5) is 0 Å². The minimum atomic E-state index is -0.654. The monoisotopic (exact) mass is 298 g/mol. The second-order valence-corrected chi connectivity index (χ2v) is 7.68. The summed E-state index contributed by atoms with van der Waals surface area (Å²) in [6.07, 6.45) is 0. The third-order valence-corrected chi connectivity index (χ3v) is 4.31. The highest BCUT2D eigenvalue weighted by Crippen LogP contribution is 2.51. The predicted molar refractivity (Wildman–Crippen MR) is 83.7 cm³/mol. The van der Waals surface area contributed by atoms with Crippen LogP contribution in [0.5, 0.6) is 0 Å². The van der Waals surface area contributed by atoms with Gasteiger partial charge >= 0.3 is 11.9 Å². The molecule has 0 aromatic carbocycles. The summed E-state index contributed by atoms with van der Waals surface area (Å²) >= 11 is 0. The lowest BCUT2D eigenvalue weighted by Gasteiger charge is -2.48. The van der Waals surface area contributed by atoms with Crippen molar-refractivity contribution in [2.75, 3.05) is 13.2 Å². The van der Waals surface area contributed by atoms with Crippen molar-refractivity contribution in [2.45, 2.75) is 55.4 Å². The van der Waals surface area contributed by atoms with E-state index in [0.717, 1.165) is 0 Å². The highest BCUT2D eigenvalue weighted by atomic mass is 16.6. The minimum Gasteiger partial charge on any atom is -0.462 e. The molecule has 122 valence electrons. The third-order valence-electron chi connectivity index (χ3n) is 4.31. The Morgan fingerprint density at radius 1 is 0.857 bits per heavy atom. The van der Waals surface area contributed by atoms with Gasteiger partial charge in [0.1, 0.15) is 13.2 Å². The lowest BCUT2D eigenvalue weighted by molar-refractivity contribution is -0.175. The van der Waals surface area contributed by atoms with Gasteiger partial charge in [0.15, 0.2) is 0 Å². The van der Waals surface area contributed by atoms with Gasteiger partial charge in [-0.25, -0.2) is 4.79 Å². The fraction of sp³-hybridized carbons (Fsp3) is 0.765. The molecule has 0 amide bonds. The van der Waals surface area contributed by atoms with Gasteiger partial charge in [0, 0.05) is 5.57 Å². The first kappa shape index (κ1) is 19.7. The molecule has 0 rings (SSSR count). The SMILES string of the molecule is C=C(C)C(=O)OCCOC(=O)C(C)(C(C)(C)C)C(C)(C)C. The summed E-state index contributed by atoms with van der Waals surface area (Å²) in [7, 11) is 0. The van der Waals surface area contributed by atoms with Crippen LogP contribution in [0, 0.1) is 16.2 Å². The molecule has 0 saturated carbocycles. The van der Waals surface area contributed by atoms with Crippen LogP contribution in [-0.2, 0) is 19.1 Å². The highest BCUT2D eigenvalue weighted by molar-refractivity contribution is 5.86. The van der Waals surface area contributed by atoms with E-state index in [9.17, 15) is 9.59 Å². The average Bonchev–Trinajstić information content (AvgIpc) is 2.29. The summed E-state index contributed by atoms with van der Waals surface area (Å²) in [5, 5.41) is 0. The van der Waals surface area contributed by atoms with Gasteiger partial charge in [-0.2, -0.15) is 0 Å². The maximum atomic E-state index is 12.6. The first-order chi connectivity index (χ1) is 9.25. The number of carbonyl (C=O) groups is 2. The number of ether oxygens (including phenoxy) is 2. The van der Waals surface area contributed by atoms with E-state index >= 15 is 0 Å². The summed E-state index contributed by atoms with van der Waals surface area (Å²) in [6.45, 7) is 19.3. The molecule has 21 heavy (non-hydrogen) atoms. The molecular weight excluding hydrogens is 268 g/mol. The van der Waals surface area contributed by atoms with Crippen LogP contribution in [0.15, 0.2) is 12.2 Å². The van der Waals surface area contributed by atoms with E-state index in [-0.39, 0.29) is 30.0 Å². The fourth-order valence-electron chi connectivity index (χ4n) is 2.27. The van der Waals surface area contributed by atoms with E-state index in [1.807, 2.05) is 48.5 Å². The molecular formula is C17H30O4. The fourth-order valence-corrected chi connectivity index (χ4v) is 2.27. The first-order valence-electron chi connectivity index (χ1n) is 7.25. The summed E-state index contributed by atoms with van der Waals surface area (Å²) in [4.78, 5) is 23.8. The van der Waals surface area contributed by atoms with E-state index in [0.29, 0.717) is 5.57 Å². The summed E-state index contributed by atoms with van der Waals surface area (Å²) in [5.74, 6) is -0.741. The van der Waals surface area contributed by atoms with Gasteiger partial charge in [0.2, 0.25) is 0 Å². The second kappa shape index (κ2) is 6.63. The van der Waals surface area contributed by atoms with Crippen LogP contribution in [-0.4, -0.2) is 25.2 Å². The molecule has 0 aromatic rings. The Morgan fingerprint density at radius 3 is 1.57 bits per heavy atom. The normalized spacial score (nSPS) is 12.8. The van der Waals surface area contributed by atoms with Gasteiger partial charge in [0.25, 0.3) is 0 Å². The third kappa shape index (κ3) is 4.58. The van der Waals surface area contributed by atoms with Crippen molar-refractivity contribution in [3.8, 4) is 0 Å². The van der Waals surface area contributed by atoms with Gasteiger partial charge in [-0.3, -0.25) is 4.79 Å². The maximum Gasteiger partial charge on any atom is 0.333 e. The molecule has 0 spiro atoms. The smallest absolute Gasteiger partial charge is 0.333 e. The van der Waals surface area contributed by atoms with Crippen molar-refractivity contribution in [1.82, 2.24) is 0 Å². The van der Waals surface area contributed by atoms with E-state index in [1.165, 1.54) is 0 Å². The van der Waals surface area contributed by atoms with Crippen LogP contribution in [0.2, 0.25) is 0 Å². The van der Waals surface area contributed by atoms with Crippen molar-refractivity contribution in [2.24, 2.45) is 16.2 Å². The Morgan fingerprint density at radius 2 is 1.24 bits per heavy atom. The highest BCUT2D eigenvalue weighted by Gasteiger charge is 2.53.